The summed E-state index contributed by atoms with van der Waals surface area (Å²) in [5.41, 5.74) is 6.79. The molecule has 3 aromatic carbocycles. The van der Waals surface area contributed by atoms with Gasteiger partial charge in [-0.15, -0.1) is 0 Å². The maximum Gasteiger partial charge on any atom is 0.193 e. The molecule has 26 heavy (non-hydrogen) atoms. The molecule has 0 unspecified atom stereocenters. The van der Waals surface area contributed by atoms with Crippen LogP contribution in [-0.2, 0) is 0 Å². The molecule has 0 radical (unpaired) electrons. The molecule has 130 valence electrons. The highest BCUT2D eigenvalue weighted by atomic mass is 16.1. The standard InChI is InChI=1S/C24H22O2/c1-15-9-16(2)12-21(11-15)23(25)19-5-7-20(8-6-19)24(26)22-13-17(3)10-18(4)14-22/h5-14H,1-4H3. The number of aryl methyl sites for hydroxylation is 4. The van der Waals surface area contributed by atoms with E-state index in [1.165, 1.54) is 0 Å². The van der Waals surface area contributed by atoms with E-state index in [0.717, 1.165) is 22.3 Å². The van der Waals surface area contributed by atoms with Crippen LogP contribution in [0.2, 0.25) is 0 Å². The van der Waals surface area contributed by atoms with Crippen molar-refractivity contribution >= 4 is 11.6 Å². The van der Waals surface area contributed by atoms with Crippen LogP contribution in [0.1, 0.15) is 54.1 Å². The average molecular weight is 342 g/mol. The van der Waals surface area contributed by atoms with Crippen LogP contribution < -0.4 is 0 Å². The Bertz CT molecular complexity index is 872. The summed E-state index contributed by atoms with van der Waals surface area (Å²) in [5, 5.41) is 0. The highest BCUT2D eigenvalue weighted by molar-refractivity contribution is 6.11. The van der Waals surface area contributed by atoms with Crippen LogP contribution in [0.15, 0.2) is 60.7 Å². The van der Waals surface area contributed by atoms with Crippen LogP contribution in [0.3, 0.4) is 0 Å². The molecule has 2 heteroatoms. The minimum atomic E-state index is -0.0257. The zero-order valence-electron chi connectivity index (χ0n) is 15.6. The lowest BCUT2D eigenvalue weighted by molar-refractivity contribution is 0.102. The number of rotatable bonds is 4. The average Bonchev–Trinajstić information content (AvgIpc) is 2.59. The SMILES string of the molecule is Cc1cc(C)cc(C(=O)c2ccc(C(=O)c3cc(C)cc(C)c3)cc2)c1. The molecular formula is C24H22O2. The Morgan fingerprint density at radius 1 is 0.462 bits per heavy atom. The summed E-state index contributed by atoms with van der Waals surface area (Å²) < 4.78 is 0. The Labute approximate surface area is 154 Å². The lowest BCUT2D eigenvalue weighted by atomic mass is 9.96. The zero-order chi connectivity index (χ0) is 18.8. The molecule has 0 saturated heterocycles. The number of carbonyl (C=O) groups excluding carboxylic acids is 2. The summed E-state index contributed by atoms with van der Waals surface area (Å²) in [4.78, 5) is 25.4. The van der Waals surface area contributed by atoms with Gasteiger partial charge in [0.05, 0.1) is 0 Å². The van der Waals surface area contributed by atoms with Crippen LogP contribution >= 0.6 is 0 Å². The summed E-state index contributed by atoms with van der Waals surface area (Å²) in [6, 6.07) is 18.6. The number of hydrogen-bond donors (Lipinski definition) is 0. The fourth-order valence-corrected chi connectivity index (χ4v) is 3.32. The van der Waals surface area contributed by atoms with Gasteiger partial charge in [-0.2, -0.15) is 0 Å². The summed E-state index contributed by atoms with van der Waals surface area (Å²) in [6.07, 6.45) is 0. The van der Waals surface area contributed by atoms with E-state index < -0.39 is 0 Å². The van der Waals surface area contributed by atoms with Crippen LogP contribution in [0.4, 0.5) is 0 Å². The Morgan fingerprint density at radius 3 is 1.00 bits per heavy atom. The molecule has 0 heterocycles. The van der Waals surface area contributed by atoms with Crippen molar-refractivity contribution in [1.82, 2.24) is 0 Å². The Kier molecular flexibility index (Phi) is 4.85. The third-order valence-corrected chi connectivity index (χ3v) is 4.38. The lowest BCUT2D eigenvalue weighted by Gasteiger charge is -2.07. The predicted molar refractivity (Wildman–Crippen MR) is 105 cm³/mol. The van der Waals surface area contributed by atoms with Crippen molar-refractivity contribution in [2.24, 2.45) is 0 Å². The van der Waals surface area contributed by atoms with E-state index in [-0.39, 0.29) is 11.6 Å². The van der Waals surface area contributed by atoms with Crippen LogP contribution in [0.5, 0.6) is 0 Å². The number of hydrogen-bond acceptors (Lipinski definition) is 2. The van der Waals surface area contributed by atoms with E-state index in [4.69, 9.17) is 0 Å². The summed E-state index contributed by atoms with van der Waals surface area (Å²) in [6.45, 7) is 7.93. The minimum Gasteiger partial charge on any atom is -0.289 e. The molecule has 0 amide bonds. The van der Waals surface area contributed by atoms with Gasteiger partial charge in [0.2, 0.25) is 0 Å². The fourth-order valence-electron chi connectivity index (χ4n) is 3.32. The first kappa shape index (κ1) is 17.8. The number of benzene rings is 3. The van der Waals surface area contributed by atoms with E-state index in [0.29, 0.717) is 22.3 Å². The molecule has 0 atom stereocenters. The summed E-state index contributed by atoms with van der Waals surface area (Å²) >= 11 is 0. The molecule has 0 aliphatic rings. The number of ketones is 2. The number of carbonyl (C=O) groups is 2. The molecule has 0 aromatic heterocycles. The third kappa shape index (κ3) is 3.80. The topological polar surface area (TPSA) is 34.1 Å². The quantitative estimate of drug-likeness (QED) is 0.596. The van der Waals surface area contributed by atoms with Gasteiger partial charge in [-0.05, 0) is 52.0 Å². The monoisotopic (exact) mass is 342 g/mol. The summed E-state index contributed by atoms with van der Waals surface area (Å²) in [5.74, 6) is -0.0515. The Hall–Kier alpha value is -3.00. The second-order valence-corrected chi connectivity index (χ2v) is 6.99. The molecule has 0 saturated carbocycles. The van der Waals surface area contributed by atoms with Gasteiger partial charge in [-0.3, -0.25) is 9.59 Å². The van der Waals surface area contributed by atoms with Crippen molar-refractivity contribution in [3.63, 3.8) is 0 Å². The van der Waals surface area contributed by atoms with Gasteiger partial charge in [0.25, 0.3) is 0 Å². The fraction of sp³-hybridized carbons (Fsp3) is 0.167. The van der Waals surface area contributed by atoms with E-state index in [9.17, 15) is 9.59 Å². The van der Waals surface area contributed by atoms with Crippen LogP contribution in [0.25, 0.3) is 0 Å². The first-order chi connectivity index (χ1) is 12.3. The van der Waals surface area contributed by atoms with Crippen molar-refractivity contribution in [3.8, 4) is 0 Å². The normalized spacial score (nSPS) is 10.6. The summed E-state index contributed by atoms with van der Waals surface area (Å²) in [7, 11) is 0. The molecule has 2 nitrogen and oxygen atoms in total. The van der Waals surface area contributed by atoms with Crippen molar-refractivity contribution in [2.75, 3.05) is 0 Å². The molecule has 0 N–H and O–H groups in total. The maximum absolute atomic E-state index is 12.7. The van der Waals surface area contributed by atoms with Crippen molar-refractivity contribution < 1.29 is 9.59 Å². The van der Waals surface area contributed by atoms with Gasteiger partial charge in [0.1, 0.15) is 0 Å². The predicted octanol–water partition coefficient (Wildman–Crippen LogP) is 5.38. The van der Waals surface area contributed by atoms with Crippen molar-refractivity contribution in [3.05, 3.63) is 105 Å². The van der Waals surface area contributed by atoms with Gasteiger partial charge in [-0.1, -0.05) is 58.7 Å². The first-order valence-corrected chi connectivity index (χ1v) is 8.69. The van der Waals surface area contributed by atoms with Gasteiger partial charge < -0.3 is 0 Å². The Morgan fingerprint density at radius 2 is 0.731 bits per heavy atom. The third-order valence-electron chi connectivity index (χ3n) is 4.38. The molecule has 0 bridgehead atoms. The van der Waals surface area contributed by atoms with Crippen molar-refractivity contribution in [2.45, 2.75) is 27.7 Å². The maximum atomic E-state index is 12.7. The zero-order valence-corrected chi connectivity index (χ0v) is 15.6. The molecule has 0 spiro atoms. The molecular weight excluding hydrogens is 320 g/mol. The Balaban J connectivity index is 1.88. The molecule has 0 fully saturated rings. The molecule has 3 aromatic rings. The molecule has 0 aliphatic heterocycles. The molecule has 3 rings (SSSR count). The van der Waals surface area contributed by atoms with E-state index in [1.807, 2.05) is 64.1 Å². The van der Waals surface area contributed by atoms with Crippen LogP contribution in [-0.4, -0.2) is 11.6 Å². The second-order valence-electron chi connectivity index (χ2n) is 6.99. The van der Waals surface area contributed by atoms with Gasteiger partial charge in [0.15, 0.2) is 11.6 Å². The van der Waals surface area contributed by atoms with Crippen LogP contribution in [0, 0.1) is 27.7 Å². The largest absolute Gasteiger partial charge is 0.289 e. The van der Waals surface area contributed by atoms with Crippen molar-refractivity contribution in [1.29, 1.82) is 0 Å². The van der Waals surface area contributed by atoms with Gasteiger partial charge in [0, 0.05) is 22.3 Å². The second kappa shape index (κ2) is 7.09. The van der Waals surface area contributed by atoms with E-state index in [2.05, 4.69) is 0 Å². The van der Waals surface area contributed by atoms with Gasteiger partial charge >= 0.3 is 0 Å². The van der Waals surface area contributed by atoms with E-state index >= 15 is 0 Å². The van der Waals surface area contributed by atoms with E-state index in [1.54, 1.807) is 24.3 Å². The lowest BCUT2D eigenvalue weighted by Crippen LogP contribution is -2.05. The van der Waals surface area contributed by atoms with Gasteiger partial charge in [-0.25, -0.2) is 0 Å². The highest BCUT2D eigenvalue weighted by Gasteiger charge is 2.13. The first-order valence-electron chi connectivity index (χ1n) is 8.69. The highest BCUT2D eigenvalue weighted by Crippen LogP contribution is 2.18. The smallest absolute Gasteiger partial charge is 0.193 e. The molecule has 0 aliphatic carbocycles. The minimum absolute atomic E-state index is 0.0257.